The molecule has 37 heavy (non-hydrogen) atoms. The van der Waals surface area contributed by atoms with Crippen molar-refractivity contribution >= 4 is 11.7 Å². The van der Waals surface area contributed by atoms with Crippen LogP contribution in [0.1, 0.15) is 21.5 Å². The molecular formula is C28H22N4O5. The van der Waals surface area contributed by atoms with Crippen LogP contribution in [0, 0.1) is 0 Å². The van der Waals surface area contributed by atoms with Crippen LogP contribution in [-0.4, -0.2) is 21.0 Å². The van der Waals surface area contributed by atoms with Crippen LogP contribution < -0.4 is 20.5 Å². The van der Waals surface area contributed by atoms with Crippen LogP contribution in [0.3, 0.4) is 0 Å². The number of H-pyrrole nitrogens is 1. The molecule has 5 aromatic rings. The number of hydrogen-bond acceptors (Lipinski definition) is 7. The number of aromatic amines is 1. The molecule has 0 aliphatic heterocycles. The molecular weight excluding hydrogens is 472 g/mol. The third-order valence-electron chi connectivity index (χ3n) is 5.41. The molecule has 0 aliphatic rings. The van der Waals surface area contributed by atoms with Gasteiger partial charge in [0.05, 0.1) is 5.56 Å². The van der Waals surface area contributed by atoms with E-state index in [-0.39, 0.29) is 12.4 Å². The molecule has 0 unspecified atom stereocenters. The summed E-state index contributed by atoms with van der Waals surface area (Å²) < 4.78 is 16.7. The molecule has 9 nitrogen and oxygen atoms in total. The number of rotatable bonds is 9. The molecule has 0 aliphatic carbocycles. The first kappa shape index (κ1) is 23.6. The molecule has 3 aromatic carbocycles. The number of benzene rings is 3. The molecule has 0 saturated heterocycles. The fourth-order valence-electron chi connectivity index (χ4n) is 3.57. The average Bonchev–Trinajstić information content (AvgIpc) is 3.38. The quantitative estimate of drug-likeness (QED) is 0.301. The largest absolute Gasteiger partial charge is 0.485 e. The molecule has 1 amide bonds. The number of ether oxygens (including phenoxy) is 2. The maximum atomic E-state index is 13.3. The number of nitrogens with one attached hydrogen (secondary N) is 2. The van der Waals surface area contributed by atoms with Crippen molar-refractivity contribution in [1.82, 2.24) is 15.1 Å². The average molecular weight is 495 g/mol. The maximum Gasteiger partial charge on any atom is 0.439 e. The molecule has 0 atom stereocenters. The van der Waals surface area contributed by atoms with Gasteiger partial charge in [-0.15, -0.1) is 0 Å². The first-order chi connectivity index (χ1) is 18.2. The number of aromatic nitrogens is 3. The van der Waals surface area contributed by atoms with Crippen molar-refractivity contribution in [2.75, 3.05) is 5.32 Å². The van der Waals surface area contributed by atoms with Crippen LogP contribution in [0.25, 0.3) is 11.4 Å². The molecule has 0 radical (unpaired) electrons. The number of carbonyl (C=O) groups excluding carboxylic acids is 1. The lowest BCUT2D eigenvalue weighted by atomic mass is 10.1. The molecule has 2 heterocycles. The highest BCUT2D eigenvalue weighted by atomic mass is 16.5. The van der Waals surface area contributed by atoms with Gasteiger partial charge in [0.2, 0.25) is 0 Å². The highest BCUT2D eigenvalue weighted by molar-refractivity contribution is 6.06. The Bertz CT molecular complexity index is 1530. The summed E-state index contributed by atoms with van der Waals surface area (Å²) in [7, 11) is 0. The fourth-order valence-corrected chi connectivity index (χ4v) is 3.57. The Kier molecular flexibility index (Phi) is 7.03. The summed E-state index contributed by atoms with van der Waals surface area (Å²) in [6, 6.07) is 27.8. The van der Waals surface area contributed by atoms with Crippen molar-refractivity contribution < 1.29 is 18.8 Å². The van der Waals surface area contributed by atoms with E-state index in [1.165, 1.54) is 6.20 Å². The van der Waals surface area contributed by atoms with Gasteiger partial charge < -0.3 is 14.8 Å². The van der Waals surface area contributed by atoms with E-state index in [2.05, 4.69) is 25.0 Å². The van der Waals surface area contributed by atoms with Crippen molar-refractivity contribution in [1.29, 1.82) is 0 Å². The molecule has 2 aromatic heterocycles. The molecule has 184 valence electrons. The second-order valence-corrected chi connectivity index (χ2v) is 8.01. The summed E-state index contributed by atoms with van der Waals surface area (Å²) >= 11 is 0. The van der Waals surface area contributed by atoms with E-state index in [9.17, 15) is 9.59 Å². The molecule has 0 spiro atoms. The molecule has 0 bridgehead atoms. The Balaban J connectivity index is 1.37. The van der Waals surface area contributed by atoms with Crippen LogP contribution in [0.15, 0.2) is 107 Å². The number of carbonyl (C=O) groups is 1. The summed E-state index contributed by atoms with van der Waals surface area (Å²) in [5.74, 6) is 0.259. The third-order valence-corrected chi connectivity index (χ3v) is 5.41. The minimum absolute atomic E-state index is 0.246. The van der Waals surface area contributed by atoms with E-state index in [1.54, 1.807) is 30.3 Å². The van der Waals surface area contributed by atoms with Gasteiger partial charge in [-0.05, 0) is 35.4 Å². The van der Waals surface area contributed by atoms with Crippen LogP contribution in [-0.2, 0) is 13.2 Å². The molecule has 0 fully saturated rings. The topological polar surface area (TPSA) is 119 Å². The monoisotopic (exact) mass is 494 g/mol. The van der Waals surface area contributed by atoms with Gasteiger partial charge in [0, 0.05) is 11.8 Å². The Morgan fingerprint density at radius 2 is 1.54 bits per heavy atom. The number of para-hydroxylation sites is 1. The normalized spacial score (nSPS) is 10.6. The zero-order valence-electron chi connectivity index (χ0n) is 19.6. The fraction of sp³-hybridized carbons (Fsp3) is 0.0714. The van der Waals surface area contributed by atoms with Gasteiger partial charge in [-0.3, -0.25) is 14.3 Å². The number of pyridine rings is 1. The first-order valence-electron chi connectivity index (χ1n) is 11.5. The predicted octanol–water partition coefficient (Wildman–Crippen LogP) is 4.84. The number of amides is 1. The van der Waals surface area contributed by atoms with E-state index in [0.29, 0.717) is 35.1 Å². The van der Waals surface area contributed by atoms with Crippen LogP contribution in [0.4, 0.5) is 5.82 Å². The molecule has 0 saturated carbocycles. The maximum absolute atomic E-state index is 13.3. The van der Waals surface area contributed by atoms with Gasteiger partial charge in [-0.25, -0.2) is 9.78 Å². The van der Waals surface area contributed by atoms with E-state index in [1.807, 2.05) is 60.7 Å². The number of anilines is 1. The van der Waals surface area contributed by atoms with Crippen molar-refractivity contribution in [3.63, 3.8) is 0 Å². The second kappa shape index (κ2) is 11.0. The summed E-state index contributed by atoms with van der Waals surface area (Å²) in [6.45, 7) is 0.580. The lowest BCUT2D eigenvalue weighted by Crippen LogP contribution is -2.15. The van der Waals surface area contributed by atoms with Gasteiger partial charge in [0.25, 0.3) is 5.91 Å². The number of hydrogen-bond donors (Lipinski definition) is 2. The summed E-state index contributed by atoms with van der Waals surface area (Å²) in [4.78, 5) is 31.1. The number of nitrogens with zero attached hydrogens (tertiary/aromatic N) is 2. The SMILES string of the molecule is O=C(Nc1ccc(-c2noc(=O)[nH]2)cn1)c1cccc(OCc2ccccc2)c1OCc1ccccc1. The predicted molar refractivity (Wildman–Crippen MR) is 136 cm³/mol. The lowest BCUT2D eigenvalue weighted by molar-refractivity contribution is 0.102. The highest BCUT2D eigenvalue weighted by Gasteiger charge is 2.19. The Morgan fingerprint density at radius 1 is 0.838 bits per heavy atom. The summed E-state index contributed by atoms with van der Waals surface area (Å²) in [5.41, 5.74) is 2.78. The van der Waals surface area contributed by atoms with Gasteiger partial charge >= 0.3 is 5.76 Å². The molecule has 9 heteroatoms. The van der Waals surface area contributed by atoms with Gasteiger partial charge in [-0.2, -0.15) is 0 Å². The van der Waals surface area contributed by atoms with Crippen molar-refractivity contribution in [3.05, 3.63) is 124 Å². The standard InChI is InChI=1S/C28H22N4O5/c33-27(30-24-15-14-21(16-29-24)26-31-28(34)37-32-26)22-12-7-13-23(35-17-19-8-3-1-4-9-19)25(22)36-18-20-10-5-2-6-11-20/h1-16H,17-18H2,(H,29,30,33)(H,31,32,34). The minimum atomic E-state index is -0.662. The molecule has 5 rings (SSSR count). The van der Waals surface area contributed by atoms with Gasteiger partial charge in [0.15, 0.2) is 17.3 Å². The second-order valence-electron chi connectivity index (χ2n) is 8.01. The highest BCUT2D eigenvalue weighted by Crippen LogP contribution is 2.33. The third kappa shape index (κ3) is 5.91. The Morgan fingerprint density at radius 3 is 2.16 bits per heavy atom. The van der Waals surface area contributed by atoms with Crippen molar-refractivity contribution in [2.45, 2.75) is 13.2 Å². The summed E-state index contributed by atoms with van der Waals surface area (Å²) in [5, 5.41) is 6.41. The smallest absolute Gasteiger partial charge is 0.439 e. The van der Waals surface area contributed by atoms with E-state index in [0.717, 1.165) is 11.1 Å². The summed E-state index contributed by atoms with van der Waals surface area (Å²) in [6.07, 6.45) is 1.47. The van der Waals surface area contributed by atoms with Crippen LogP contribution in [0.2, 0.25) is 0 Å². The minimum Gasteiger partial charge on any atom is -0.485 e. The van der Waals surface area contributed by atoms with Crippen LogP contribution in [0.5, 0.6) is 11.5 Å². The van der Waals surface area contributed by atoms with E-state index < -0.39 is 11.7 Å². The first-order valence-corrected chi connectivity index (χ1v) is 11.5. The molecule has 2 N–H and O–H groups in total. The Hall–Kier alpha value is -5.18. The zero-order chi connectivity index (χ0) is 25.5. The van der Waals surface area contributed by atoms with Gasteiger partial charge in [0.1, 0.15) is 19.0 Å². The zero-order valence-corrected chi connectivity index (χ0v) is 19.6. The Labute approximate surface area is 211 Å². The lowest BCUT2D eigenvalue weighted by Gasteiger charge is -2.16. The van der Waals surface area contributed by atoms with E-state index in [4.69, 9.17) is 9.47 Å². The van der Waals surface area contributed by atoms with Gasteiger partial charge in [-0.1, -0.05) is 71.9 Å². The van der Waals surface area contributed by atoms with Crippen molar-refractivity contribution in [2.24, 2.45) is 0 Å². The van der Waals surface area contributed by atoms with Crippen molar-refractivity contribution in [3.8, 4) is 22.9 Å². The van der Waals surface area contributed by atoms with E-state index >= 15 is 0 Å². The van der Waals surface area contributed by atoms with Crippen LogP contribution >= 0.6 is 0 Å².